The summed E-state index contributed by atoms with van der Waals surface area (Å²) < 4.78 is 19.3. The van der Waals surface area contributed by atoms with Crippen LogP contribution < -0.4 is 15.4 Å². The molecule has 0 unspecified atom stereocenters. The van der Waals surface area contributed by atoms with Crippen molar-refractivity contribution in [2.45, 2.75) is 26.9 Å². The number of fused-ring (bicyclic) bond motifs is 1. The Morgan fingerprint density at radius 3 is 2.73 bits per heavy atom. The molecule has 170 valence electrons. The van der Waals surface area contributed by atoms with Gasteiger partial charge in [-0.3, -0.25) is 14.5 Å². The van der Waals surface area contributed by atoms with Gasteiger partial charge in [0.05, 0.1) is 17.1 Å². The number of rotatable bonds is 5. The zero-order valence-electron chi connectivity index (χ0n) is 18.3. The van der Waals surface area contributed by atoms with Crippen molar-refractivity contribution >= 4 is 29.2 Å². The molecule has 0 aliphatic carbocycles. The van der Waals surface area contributed by atoms with E-state index in [4.69, 9.17) is 22.1 Å². The molecule has 0 saturated carbocycles. The highest BCUT2D eigenvalue weighted by molar-refractivity contribution is 6.34. The molecule has 2 heterocycles. The Bertz CT molecular complexity index is 1260. The van der Waals surface area contributed by atoms with Crippen molar-refractivity contribution in [1.82, 2.24) is 4.98 Å². The number of benzene rings is 2. The molecule has 6 nitrogen and oxygen atoms in total. The Balaban J connectivity index is 1.75. The van der Waals surface area contributed by atoms with E-state index < -0.39 is 12.6 Å². The number of halogens is 2. The van der Waals surface area contributed by atoms with Crippen LogP contribution in [0, 0.1) is 13.8 Å². The van der Waals surface area contributed by atoms with Gasteiger partial charge in [-0.05, 0) is 66.3 Å². The molecule has 2 amide bonds. The van der Waals surface area contributed by atoms with E-state index in [1.54, 1.807) is 29.3 Å². The van der Waals surface area contributed by atoms with Gasteiger partial charge in [0.15, 0.2) is 5.75 Å². The molecule has 33 heavy (non-hydrogen) atoms. The van der Waals surface area contributed by atoms with Gasteiger partial charge < -0.3 is 10.5 Å². The number of ether oxygens (including phenoxy) is 1. The van der Waals surface area contributed by atoms with Crippen LogP contribution in [0.15, 0.2) is 42.6 Å². The van der Waals surface area contributed by atoms with E-state index in [0.29, 0.717) is 35.1 Å². The lowest BCUT2D eigenvalue weighted by Crippen LogP contribution is -2.33. The van der Waals surface area contributed by atoms with Gasteiger partial charge in [-0.25, -0.2) is 9.37 Å². The van der Waals surface area contributed by atoms with Crippen LogP contribution >= 0.6 is 11.6 Å². The maximum Gasteiger partial charge on any atom is 0.263 e. The van der Waals surface area contributed by atoms with Crippen molar-refractivity contribution in [2.75, 3.05) is 18.1 Å². The van der Waals surface area contributed by atoms with E-state index in [2.05, 4.69) is 4.98 Å². The zero-order chi connectivity index (χ0) is 23.7. The number of carbonyl (C=O) groups excluding carboxylic acids is 2. The number of hydrogen-bond acceptors (Lipinski definition) is 4. The van der Waals surface area contributed by atoms with Crippen molar-refractivity contribution in [3.05, 3.63) is 86.6 Å². The highest BCUT2D eigenvalue weighted by Gasteiger charge is 2.29. The van der Waals surface area contributed by atoms with E-state index in [9.17, 15) is 14.0 Å². The Morgan fingerprint density at radius 2 is 2.03 bits per heavy atom. The fourth-order valence-electron chi connectivity index (χ4n) is 4.04. The lowest BCUT2D eigenvalue weighted by Gasteiger charge is -2.21. The third-order valence-electron chi connectivity index (χ3n) is 5.82. The van der Waals surface area contributed by atoms with E-state index in [1.807, 2.05) is 26.0 Å². The summed E-state index contributed by atoms with van der Waals surface area (Å²) in [5.74, 6) is 0.00595. The third-order valence-corrected chi connectivity index (χ3v) is 6.28. The number of anilines is 1. The van der Waals surface area contributed by atoms with Crippen LogP contribution in [0.2, 0.25) is 5.02 Å². The quantitative estimate of drug-likeness (QED) is 0.596. The van der Waals surface area contributed by atoms with Crippen LogP contribution in [-0.4, -0.2) is 29.9 Å². The normalized spacial score (nSPS) is 13.3. The molecule has 4 rings (SSSR count). The summed E-state index contributed by atoms with van der Waals surface area (Å²) in [6.45, 7) is 3.56. The highest BCUT2D eigenvalue weighted by atomic mass is 35.5. The molecule has 0 atom stereocenters. The van der Waals surface area contributed by atoms with E-state index in [-0.39, 0.29) is 23.6 Å². The molecule has 1 aliphatic heterocycles. The van der Waals surface area contributed by atoms with Crippen molar-refractivity contribution in [3.63, 3.8) is 0 Å². The summed E-state index contributed by atoms with van der Waals surface area (Å²) in [6.07, 6.45) is 2.04. The van der Waals surface area contributed by atoms with Crippen molar-refractivity contribution in [2.24, 2.45) is 5.73 Å². The number of hydrogen-bond donors (Lipinski definition) is 1. The fourth-order valence-corrected chi connectivity index (χ4v) is 4.31. The van der Waals surface area contributed by atoms with E-state index >= 15 is 0 Å². The number of amides is 2. The molecule has 2 N–H and O–H groups in total. The average molecular weight is 468 g/mol. The average Bonchev–Trinajstić information content (AvgIpc) is 2.96. The maximum absolute atomic E-state index is 13.5. The monoisotopic (exact) mass is 467 g/mol. The number of aromatic nitrogens is 1. The fraction of sp³-hybridized carbons (Fsp3) is 0.240. The molecule has 2 aromatic carbocycles. The Morgan fingerprint density at radius 1 is 1.24 bits per heavy atom. The first-order chi connectivity index (χ1) is 15.8. The van der Waals surface area contributed by atoms with Gasteiger partial charge in [0.2, 0.25) is 5.91 Å². The third kappa shape index (κ3) is 4.28. The Hall–Kier alpha value is -3.45. The summed E-state index contributed by atoms with van der Waals surface area (Å²) in [5, 5.41) is 0.370. The summed E-state index contributed by atoms with van der Waals surface area (Å²) >= 11 is 6.64. The number of carbonyl (C=O) groups is 2. The number of nitrogens with two attached hydrogens (primary N) is 1. The van der Waals surface area contributed by atoms with Crippen LogP contribution in [0.4, 0.5) is 10.2 Å². The van der Waals surface area contributed by atoms with Crippen molar-refractivity contribution in [3.8, 4) is 5.75 Å². The SMILES string of the molecule is Cc1cccnc1N1CCOc2c(cc(Cc3ccc(C(N)=O)c(CF)c3)c(C)c2Cl)C1=O. The highest BCUT2D eigenvalue weighted by Crippen LogP contribution is 2.38. The second-order valence-corrected chi connectivity index (χ2v) is 8.34. The molecule has 8 heteroatoms. The molecular formula is C25H23ClFN3O3. The molecule has 0 radical (unpaired) electrons. The van der Waals surface area contributed by atoms with Crippen molar-refractivity contribution < 1.29 is 18.7 Å². The molecule has 0 bridgehead atoms. The minimum atomic E-state index is -0.805. The summed E-state index contributed by atoms with van der Waals surface area (Å²) in [7, 11) is 0. The number of nitrogens with zero attached hydrogens (tertiary/aromatic N) is 2. The van der Waals surface area contributed by atoms with Crippen LogP contribution in [0.1, 0.15) is 48.5 Å². The largest absolute Gasteiger partial charge is 0.489 e. The smallest absolute Gasteiger partial charge is 0.263 e. The Labute approximate surface area is 196 Å². The van der Waals surface area contributed by atoms with E-state index in [1.165, 1.54) is 6.07 Å². The molecule has 0 saturated heterocycles. The van der Waals surface area contributed by atoms with E-state index in [0.717, 1.165) is 22.3 Å². The van der Waals surface area contributed by atoms with Crippen LogP contribution in [0.25, 0.3) is 0 Å². The first-order valence-electron chi connectivity index (χ1n) is 10.5. The van der Waals surface area contributed by atoms with Crippen LogP contribution in [0.5, 0.6) is 5.75 Å². The standard InChI is InChI=1S/C25H23ClFN3O3/c1-14-4-3-7-29-24(14)30-8-9-33-22-20(25(30)32)12-17(15(2)21(22)26)10-16-5-6-19(23(28)31)18(11-16)13-27/h3-7,11-12H,8-10,13H2,1-2H3,(H2,28,31). The van der Waals surface area contributed by atoms with Gasteiger partial charge in [0, 0.05) is 11.8 Å². The zero-order valence-corrected chi connectivity index (χ0v) is 19.1. The van der Waals surface area contributed by atoms with Gasteiger partial charge in [-0.1, -0.05) is 29.8 Å². The lowest BCUT2D eigenvalue weighted by molar-refractivity contribution is 0.0984. The molecular weight excluding hydrogens is 445 g/mol. The second-order valence-electron chi connectivity index (χ2n) is 7.97. The van der Waals surface area contributed by atoms with Gasteiger partial charge in [0.1, 0.15) is 19.1 Å². The van der Waals surface area contributed by atoms with Gasteiger partial charge >= 0.3 is 0 Å². The maximum atomic E-state index is 13.5. The number of pyridine rings is 1. The minimum Gasteiger partial charge on any atom is -0.489 e. The van der Waals surface area contributed by atoms with Gasteiger partial charge in [0.25, 0.3) is 5.91 Å². The summed E-state index contributed by atoms with van der Waals surface area (Å²) in [4.78, 5) is 31.0. The first-order valence-corrected chi connectivity index (χ1v) is 10.9. The number of aryl methyl sites for hydroxylation is 1. The first kappa shape index (κ1) is 22.7. The molecule has 0 fully saturated rings. The summed E-state index contributed by atoms with van der Waals surface area (Å²) in [5.41, 5.74) is 9.28. The number of primary amides is 1. The van der Waals surface area contributed by atoms with Gasteiger partial charge in [-0.15, -0.1) is 0 Å². The second kappa shape index (κ2) is 9.19. The van der Waals surface area contributed by atoms with Crippen LogP contribution in [0.3, 0.4) is 0 Å². The number of alkyl halides is 1. The predicted molar refractivity (Wildman–Crippen MR) is 125 cm³/mol. The summed E-state index contributed by atoms with van der Waals surface area (Å²) in [6, 6.07) is 10.3. The van der Waals surface area contributed by atoms with Gasteiger partial charge in [-0.2, -0.15) is 0 Å². The molecule has 0 spiro atoms. The minimum absolute atomic E-state index is 0.155. The molecule has 1 aliphatic rings. The van der Waals surface area contributed by atoms with Crippen molar-refractivity contribution in [1.29, 1.82) is 0 Å². The molecule has 3 aromatic rings. The lowest BCUT2D eigenvalue weighted by atomic mass is 9.94. The van der Waals surface area contributed by atoms with Crippen LogP contribution in [-0.2, 0) is 13.1 Å². The topological polar surface area (TPSA) is 85.5 Å². The Kier molecular flexibility index (Phi) is 6.33. The predicted octanol–water partition coefficient (Wildman–Crippen LogP) is 4.55. The molecule has 1 aromatic heterocycles.